The lowest BCUT2D eigenvalue weighted by atomic mass is 9.33. The summed E-state index contributed by atoms with van der Waals surface area (Å²) in [6.45, 7) is 17.0. The lowest BCUT2D eigenvalue weighted by Crippen LogP contribution is -2.61. The SMILES string of the molecule is Cc1ccc2ccc3c(c2c1)N(c1ccccc1C(C)(C)C)c1cc(OC(F)(F)F)cc2c1B3c1ccc3ccc(C)cc3c1N2c1ccccc1C(C)(C)C. The molecule has 0 N–H and O–H groups in total. The molecule has 2 aliphatic heterocycles. The fourth-order valence-corrected chi connectivity index (χ4v) is 9.12. The first kappa shape index (κ1) is 36.0. The number of nitrogens with zero attached hydrogens (tertiary/aromatic N) is 2. The molecule has 0 aromatic heterocycles. The molecule has 0 aliphatic carbocycles. The number of anilines is 6. The molecule has 280 valence electrons. The van der Waals surface area contributed by atoms with Gasteiger partial charge in [-0.3, -0.25) is 0 Å². The van der Waals surface area contributed by atoms with Crippen LogP contribution in [0.3, 0.4) is 0 Å². The van der Waals surface area contributed by atoms with Crippen molar-refractivity contribution in [2.75, 3.05) is 9.80 Å². The van der Waals surface area contributed by atoms with Crippen molar-refractivity contribution in [2.24, 2.45) is 0 Å². The van der Waals surface area contributed by atoms with E-state index >= 15 is 0 Å². The third-order valence-electron chi connectivity index (χ3n) is 11.4. The Morgan fingerprint density at radius 2 is 0.911 bits per heavy atom. The van der Waals surface area contributed by atoms with Crippen LogP contribution >= 0.6 is 0 Å². The molecule has 0 saturated carbocycles. The summed E-state index contributed by atoms with van der Waals surface area (Å²) in [7, 11) is 0. The maximum Gasteiger partial charge on any atom is 0.573 e. The maximum absolute atomic E-state index is 14.5. The molecular formula is C49H44BF3N2O. The average molecular weight is 745 g/mol. The normalized spacial score (nSPS) is 13.9. The van der Waals surface area contributed by atoms with Crippen LogP contribution in [0.1, 0.15) is 63.8 Å². The Morgan fingerprint density at radius 3 is 1.32 bits per heavy atom. The summed E-state index contributed by atoms with van der Waals surface area (Å²) in [5.41, 5.74) is 12.0. The number of hydrogen-bond acceptors (Lipinski definition) is 3. The molecular weight excluding hydrogens is 700 g/mol. The van der Waals surface area contributed by atoms with Crippen LogP contribution in [0.15, 0.2) is 121 Å². The Morgan fingerprint density at radius 1 is 0.500 bits per heavy atom. The van der Waals surface area contributed by atoms with E-state index in [9.17, 15) is 13.2 Å². The topological polar surface area (TPSA) is 15.7 Å². The van der Waals surface area contributed by atoms with E-state index in [-0.39, 0.29) is 23.3 Å². The molecule has 0 atom stereocenters. The van der Waals surface area contributed by atoms with Crippen molar-refractivity contribution in [3.8, 4) is 5.75 Å². The van der Waals surface area contributed by atoms with Gasteiger partial charge in [0.1, 0.15) is 5.75 Å². The standard InChI is InChI=1S/C49H44BF3N2O/c1-29-17-19-31-21-23-38-45(34(31)25-29)54(40-15-11-9-13-36(40)47(3,4)5)42-27-33(56-49(51,52)53)28-43-44(42)50(38)39-24-22-32-20-18-30(2)26-35(32)46(39)55(43)41-16-12-10-14-37(41)48(6,7)8/h9-28H,1-8H3. The number of para-hydroxylation sites is 2. The van der Waals surface area contributed by atoms with E-state index in [1.165, 1.54) is 0 Å². The minimum absolute atomic E-state index is 0.263. The molecule has 0 radical (unpaired) electrons. The van der Waals surface area contributed by atoms with Gasteiger partial charge in [0, 0.05) is 57.0 Å². The van der Waals surface area contributed by atoms with Crippen molar-refractivity contribution >= 4 is 78.8 Å². The summed E-state index contributed by atoms with van der Waals surface area (Å²) in [6.07, 6.45) is -4.91. The average Bonchev–Trinajstić information content (AvgIpc) is 3.13. The second kappa shape index (κ2) is 12.4. The summed E-state index contributed by atoms with van der Waals surface area (Å²) < 4.78 is 48.5. The molecule has 56 heavy (non-hydrogen) atoms. The lowest BCUT2D eigenvalue weighted by molar-refractivity contribution is -0.274. The predicted octanol–water partition coefficient (Wildman–Crippen LogP) is 12.2. The van der Waals surface area contributed by atoms with Gasteiger partial charge in [0.05, 0.1) is 0 Å². The molecule has 3 nitrogen and oxygen atoms in total. The molecule has 7 heteroatoms. The molecule has 9 rings (SSSR count). The molecule has 0 bridgehead atoms. The minimum Gasteiger partial charge on any atom is -0.406 e. The maximum atomic E-state index is 14.5. The first-order chi connectivity index (χ1) is 26.5. The monoisotopic (exact) mass is 744 g/mol. The zero-order valence-corrected chi connectivity index (χ0v) is 33.1. The molecule has 0 unspecified atom stereocenters. The van der Waals surface area contributed by atoms with Gasteiger partial charge < -0.3 is 14.5 Å². The van der Waals surface area contributed by atoms with Gasteiger partial charge in [0.15, 0.2) is 0 Å². The van der Waals surface area contributed by atoms with Crippen LogP contribution in [0.4, 0.5) is 47.3 Å². The first-order valence-corrected chi connectivity index (χ1v) is 19.3. The Bertz CT molecular complexity index is 2560. The van der Waals surface area contributed by atoms with Gasteiger partial charge in [-0.25, -0.2) is 0 Å². The molecule has 2 heterocycles. The number of fused-ring (bicyclic) bond motifs is 8. The van der Waals surface area contributed by atoms with Crippen molar-refractivity contribution in [3.05, 3.63) is 144 Å². The van der Waals surface area contributed by atoms with Crippen LogP contribution in [-0.4, -0.2) is 13.1 Å². The zero-order chi connectivity index (χ0) is 39.5. The van der Waals surface area contributed by atoms with Crippen molar-refractivity contribution in [3.63, 3.8) is 0 Å². The van der Waals surface area contributed by atoms with Gasteiger partial charge in [-0.05, 0) is 87.2 Å². The van der Waals surface area contributed by atoms with Gasteiger partial charge in [0.2, 0.25) is 0 Å². The molecule has 0 saturated heterocycles. The fraction of sp³-hybridized carbons (Fsp3) is 0.224. The number of halogens is 3. The highest BCUT2D eigenvalue weighted by molar-refractivity contribution is 7.00. The van der Waals surface area contributed by atoms with Crippen LogP contribution in [0, 0.1) is 13.8 Å². The zero-order valence-electron chi connectivity index (χ0n) is 33.1. The van der Waals surface area contributed by atoms with Gasteiger partial charge in [-0.2, -0.15) is 0 Å². The number of ether oxygens (including phenoxy) is 1. The lowest BCUT2D eigenvalue weighted by Gasteiger charge is -2.46. The van der Waals surface area contributed by atoms with Gasteiger partial charge in [-0.1, -0.05) is 138 Å². The third kappa shape index (κ3) is 5.74. The Kier molecular flexibility index (Phi) is 7.97. The van der Waals surface area contributed by atoms with Crippen molar-refractivity contribution < 1.29 is 17.9 Å². The van der Waals surface area contributed by atoms with E-state index in [0.717, 1.165) is 82.9 Å². The van der Waals surface area contributed by atoms with Crippen LogP contribution in [0.2, 0.25) is 0 Å². The number of hydrogen-bond donors (Lipinski definition) is 0. The van der Waals surface area contributed by atoms with E-state index in [2.05, 4.69) is 150 Å². The largest absolute Gasteiger partial charge is 0.573 e. The molecule has 0 spiro atoms. The number of alkyl halides is 3. The van der Waals surface area contributed by atoms with E-state index < -0.39 is 6.36 Å². The fourth-order valence-electron chi connectivity index (χ4n) is 9.12. The molecule has 7 aromatic rings. The Hall–Kier alpha value is -5.69. The third-order valence-corrected chi connectivity index (χ3v) is 11.4. The summed E-state index contributed by atoms with van der Waals surface area (Å²) >= 11 is 0. The highest BCUT2D eigenvalue weighted by atomic mass is 19.4. The summed E-state index contributed by atoms with van der Waals surface area (Å²) in [6, 6.07) is 41.6. The number of rotatable bonds is 3. The van der Waals surface area contributed by atoms with E-state index in [0.29, 0.717) is 11.4 Å². The number of benzene rings is 7. The van der Waals surface area contributed by atoms with Crippen LogP contribution in [-0.2, 0) is 10.8 Å². The molecule has 0 amide bonds. The van der Waals surface area contributed by atoms with E-state index in [4.69, 9.17) is 4.74 Å². The Balaban J connectivity index is 1.51. The van der Waals surface area contributed by atoms with Crippen molar-refractivity contribution in [2.45, 2.75) is 72.6 Å². The van der Waals surface area contributed by atoms with Gasteiger partial charge in [0.25, 0.3) is 6.71 Å². The first-order valence-electron chi connectivity index (χ1n) is 19.3. The van der Waals surface area contributed by atoms with Gasteiger partial charge >= 0.3 is 6.36 Å². The second-order valence-electron chi connectivity index (χ2n) is 17.5. The van der Waals surface area contributed by atoms with E-state index in [1.54, 1.807) is 12.1 Å². The van der Waals surface area contributed by atoms with Crippen molar-refractivity contribution in [1.82, 2.24) is 0 Å². The minimum atomic E-state index is -4.91. The van der Waals surface area contributed by atoms with Gasteiger partial charge in [-0.15, -0.1) is 13.2 Å². The Labute approximate surface area is 327 Å². The molecule has 2 aliphatic rings. The van der Waals surface area contributed by atoms with Crippen molar-refractivity contribution in [1.29, 1.82) is 0 Å². The smallest absolute Gasteiger partial charge is 0.406 e. The summed E-state index contributed by atoms with van der Waals surface area (Å²) in [5.74, 6) is -0.263. The van der Waals surface area contributed by atoms with E-state index in [1.807, 2.05) is 24.3 Å². The highest BCUT2D eigenvalue weighted by Crippen LogP contribution is 2.52. The second-order valence-corrected chi connectivity index (χ2v) is 17.5. The summed E-state index contributed by atoms with van der Waals surface area (Å²) in [5, 5.41) is 4.20. The molecule has 7 aromatic carbocycles. The number of aryl methyl sites for hydroxylation is 2. The predicted molar refractivity (Wildman–Crippen MR) is 229 cm³/mol. The summed E-state index contributed by atoms with van der Waals surface area (Å²) in [4.78, 5) is 4.45. The van der Waals surface area contributed by atoms with Crippen LogP contribution in [0.5, 0.6) is 5.75 Å². The van der Waals surface area contributed by atoms with Crippen LogP contribution in [0.25, 0.3) is 21.5 Å². The quantitative estimate of drug-likeness (QED) is 0.168. The highest BCUT2D eigenvalue weighted by Gasteiger charge is 2.46. The molecule has 0 fully saturated rings. The van der Waals surface area contributed by atoms with Crippen LogP contribution < -0.4 is 30.9 Å².